The molecule has 1 N–H and O–H groups in total. The standard InChI is InChI=1S/C19H22N2O2/c1-12-7-6-8-13(11-12)18(22)16-14-9-4-5-10-15(14)20-19(23)17(16)21(2)3/h6-8,11H,4-5,9-10H2,1-3H3,(H,20,23). The van der Waals surface area contributed by atoms with E-state index in [-0.39, 0.29) is 11.3 Å². The van der Waals surface area contributed by atoms with E-state index >= 15 is 0 Å². The minimum absolute atomic E-state index is 0.0540. The van der Waals surface area contributed by atoms with Gasteiger partial charge in [-0.25, -0.2) is 0 Å². The third-order valence-corrected chi connectivity index (χ3v) is 4.44. The lowest BCUT2D eigenvalue weighted by Crippen LogP contribution is -2.29. The van der Waals surface area contributed by atoms with Gasteiger partial charge in [0.25, 0.3) is 5.56 Å². The zero-order valence-electron chi connectivity index (χ0n) is 13.9. The van der Waals surface area contributed by atoms with Gasteiger partial charge in [0.05, 0.1) is 5.56 Å². The molecule has 0 spiro atoms. The molecule has 4 nitrogen and oxygen atoms in total. The summed E-state index contributed by atoms with van der Waals surface area (Å²) in [5, 5.41) is 0. The molecular weight excluding hydrogens is 288 g/mol. The average molecular weight is 310 g/mol. The van der Waals surface area contributed by atoms with Gasteiger partial charge < -0.3 is 9.88 Å². The van der Waals surface area contributed by atoms with E-state index in [2.05, 4.69) is 4.98 Å². The fourth-order valence-electron chi connectivity index (χ4n) is 3.37. The number of nitrogens with one attached hydrogen (secondary N) is 1. The van der Waals surface area contributed by atoms with Crippen molar-refractivity contribution in [2.24, 2.45) is 0 Å². The summed E-state index contributed by atoms with van der Waals surface area (Å²) < 4.78 is 0. The Bertz CT molecular complexity index is 819. The number of rotatable bonds is 3. The molecule has 0 amide bonds. The Balaban J connectivity index is 2.26. The molecule has 0 aliphatic heterocycles. The summed E-state index contributed by atoms with van der Waals surface area (Å²) in [5.74, 6) is -0.0540. The number of hydrogen-bond acceptors (Lipinski definition) is 3. The van der Waals surface area contributed by atoms with Crippen LogP contribution in [0.5, 0.6) is 0 Å². The first kappa shape index (κ1) is 15.5. The van der Waals surface area contributed by atoms with Crippen molar-refractivity contribution in [1.29, 1.82) is 0 Å². The third-order valence-electron chi connectivity index (χ3n) is 4.44. The quantitative estimate of drug-likeness (QED) is 0.887. The zero-order chi connectivity index (χ0) is 16.6. The van der Waals surface area contributed by atoms with Crippen LogP contribution in [0, 0.1) is 6.92 Å². The molecule has 23 heavy (non-hydrogen) atoms. The van der Waals surface area contributed by atoms with E-state index in [1.807, 2.05) is 45.3 Å². The summed E-state index contributed by atoms with van der Waals surface area (Å²) in [5.41, 5.74) is 4.52. The van der Waals surface area contributed by atoms with E-state index in [0.717, 1.165) is 42.5 Å². The summed E-state index contributed by atoms with van der Waals surface area (Å²) in [4.78, 5) is 30.4. The Morgan fingerprint density at radius 3 is 2.61 bits per heavy atom. The van der Waals surface area contributed by atoms with Crippen LogP contribution < -0.4 is 10.5 Å². The number of carbonyl (C=O) groups excluding carboxylic acids is 1. The molecule has 120 valence electrons. The number of anilines is 1. The summed E-state index contributed by atoms with van der Waals surface area (Å²) in [7, 11) is 3.62. The highest BCUT2D eigenvalue weighted by atomic mass is 16.1. The van der Waals surface area contributed by atoms with Gasteiger partial charge in [-0.15, -0.1) is 0 Å². The average Bonchev–Trinajstić information content (AvgIpc) is 2.52. The van der Waals surface area contributed by atoms with Gasteiger partial charge in [-0.05, 0) is 44.2 Å². The molecule has 1 aromatic carbocycles. The van der Waals surface area contributed by atoms with Crippen LogP contribution in [-0.4, -0.2) is 24.9 Å². The highest BCUT2D eigenvalue weighted by Gasteiger charge is 2.26. The Morgan fingerprint density at radius 1 is 1.17 bits per heavy atom. The summed E-state index contributed by atoms with van der Waals surface area (Å²) >= 11 is 0. The largest absolute Gasteiger partial charge is 0.373 e. The van der Waals surface area contributed by atoms with Crippen LogP contribution in [0.3, 0.4) is 0 Å². The maximum absolute atomic E-state index is 13.2. The van der Waals surface area contributed by atoms with Gasteiger partial charge in [-0.3, -0.25) is 9.59 Å². The molecule has 0 atom stereocenters. The molecule has 4 heteroatoms. The molecule has 0 fully saturated rings. The van der Waals surface area contributed by atoms with Gasteiger partial charge in [0, 0.05) is 25.4 Å². The SMILES string of the molecule is Cc1cccc(C(=O)c2c3c([nH]c(=O)c2N(C)C)CCCC3)c1. The number of ketones is 1. The molecule has 0 radical (unpaired) electrons. The first-order valence-electron chi connectivity index (χ1n) is 8.05. The molecule has 0 unspecified atom stereocenters. The molecule has 3 rings (SSSR count). The number of aromatic nitrogens is 1. The van der Waals surface area contributed by atoms with Crippen molar-refractivity contribution in [2.75, 3.05) is 19.0 Å². The van der Waals surface area contributed by atoms with Crippen molar-refractivity contribution in [3.8, 4) is 0 Å². The third kappa shape index (κ3) is 2.81. The van der Waals surface area contributed by atoms with Gasteiger partial charge in [0.1, 0.15) is 5.69 Å². The normalized spacial score (nSPS) is 13.5. The van der Waals surface area contributed by atoms with Crippen molar-refractivity contribution in [3.05, 3.63) is 62.6 Å². The van der Waals surface area contributed by atoms with E-state index in [1.54, 1.807) is 4.90 Å². The number of H-pyrrole nitrogens is 1. The second-order valence-corrected chi connectivity index (χ2v) is 6.43. The Morgan fingerprint density at radius 2 is 1.91 bits per heavy atom. The lowest BCUT2D eigenvalue weighted by molar-refractivity contribution is 0.103. The number of nitrogens with zero attached hydrogens (tertiary/aromatic N) is 1. The van der Waals surface area contributed by atoms with Crippen molar-refractivity contribution >= 4 is 11.5 Å². The smallest absolute Gasteiger partial charge is 0.272 e. The molecule has 0 saturated heterocycles. The number of carbonyl (C=O) groups is 1. The number of aryl methyl sites for hydroxylation is 2. The molecule has 0 saturated carbocycles. The summed E-state index contributed by atoms with van der Waals surface area (Å²) in [6.07, 6.45) is 3.80. The number of fused-ring (bicyclic) bond motifs is 1. The van der Waals surface area contributed by atoms with Crippen LogP contribution in [0.25, 0.3) is 0 Å². The molecular formula is C19H22N2O2. The Kier molecular flexibility index (Phi) is 4.07. The topological polar surface area (TPSA) is 53.2 Å². The number of hydrogen-bond donors (Lipinski definition) is 1. The van der Waals surface area contributed by atoms with Crippen molar-refractivity contribution in [3.63, 3.8) is 0 Å². The lowest BCUT2D eigenvalue weighted by atomic mass is 9.87. The minimum atomic E-state index is -0.174. The van der Waals surface area contributed by atoms with E-state index in [4.69, 9.17) is 0 Å². The number of benzene rings is 1. The predicted octanol–water partition coefficient (Wildman–Crippen LogP) is 2.86. The molecule has 1 aromatic heterocycles. The van der Waals surface area contributed by atoms with Crippen LogP contribution in [0.15, 0.2) is 29.1 Å². The molecule has 0 bridgehead atoms. The fraction of sp³-hybridized carbons (Fsp3) is 0.368. The highest BCUT2D eigenvalue weighted by molar-refractivity contribution is 6.13. The van der Waals surface area contributed by atoms with Crippen molar-refractivity contribution < 1.29 is 4.79 Å². The van der Waals surface area contributed by atoms with Crippen molar-refractivity contribution in [2.45, 2.75) is 32.6 Å². The number of pyridine rings is 1. The molecule has 1 aliphatic carbocycles. The fourth-order valence-corrected chi connectivity index (χ4v) is 3.37. The van der Waals surface area contributed by atoms with Gasteiger partial charge in [0.2, 0.25) is 0 Å². The summed E-state index contributed by atoms with van der Waals surface area (Å²) in [6, 6.07) is 7.57. The Hall–Kier alpha value is -2.36. The zero-order valence-corrected chi connectivity index (χ0v) is 13.9. The van der Waals surface area contributed by atoms with Crippen LogP contribution in [0.1, 0.15) is 45.6 Å². The molecule has 2 aromatic rings. The summed E-state index contributed by atoms with van der Waals surface area (Å²) in [6.45, 7) is 1.97. The van der Waals surface area contributed by atoms with Gasteiger partial charge in [-0.2, -0.15) is 0 Å². The molecule has 1 heterocycles. The van der Waals surface area contributed by atoms with Crippen molar-refractivity contribution in [1.82, 2.24) is 4.98 Å². The first-order valence-corrected chi connectivity index (χ1v) is 8.05. The highest BCUT2D eigenvalue weighted by Crippen LogP contribution is 2.29. The second kappa shape index (κ2) is 6.03. The first-order chi connectivity index (χ1) is 11.0. The van der Waals surface area contributed by atoms with E-state index in [1.165, 1.54) is 0 Å². The van der Waals surface area contributed by atoms with E-state index in [0.29, 0.717) is 16.8 Å². The second-order valence-electron chi connectivity index (χ2n) is 6.43. The lowest BCUT2D eigenvalue weighted by Gasteiger charge is -2.24. The van der Waals surface area contributed by atoms with Crippen LogP contribution in [0.4, 0.5) is 5.69 Å². The monoisotopic (exact) mass is 310 g/mol. The maximum atomic E-state index is 13.2. The van der Waals surface area contributed by atoms with E-state index < -0.39 is 0 Å². The van der Waals surface area contributed by atoms with Gasteiger partial charge >= 0.3 is 0 Å². The Labute approximate surface area is 136 Å². The molecule has 1 aliphatic rings. The van der Waals surface area contributed by atoms with Crippen LogP contribution in [0.2, 0.25) is 0 Å². The van der Waals surface area contributed by atoms with Gasteiger partial charge in [-0.1, -0.05) is 23.8 Å². The van der Waals surface area contributed by atoms with E-state index in [9.17, 15) is 9.59 Å². The van der Waals surface area contributed by atoms with Gasteiger partial charge in [0.15, 0.2) is 5.78 Å². The minimum Gasteiger partial charge on any atom is -0.373 e. The van der Waals surface area contributed by atoms with Crippen LogP contribution >= 0.6 is 0 Å². The van der Waals surface area contributed by atoms with Crippen LogP contribution in [-0.2, 0) is 12.8 Å². The maximum Gasteiger partial charge on any atom is 0.272 e. The number of aromatic amines is 1. The predicted molar refractivity (Wildman–Crippen MR) is 92.6 cm³/mol.